The molecule has 1 aliphatic rings. The number of anilines is 1. The molecule has 1 aliphatic heterocycles. The van der Waals surface area contributed by atoms with Crippen LogP contribution in [0.2, 0.25) is 5.02 Å². The molecule has 0 saturated carbocycles. The van der Waals surface area contributed by atoms with Crippen LogP contribution in [0.15, 0.2) is 42.5 Å². The second kappa shape index (κ2) is 4.67. The van der Waals surface area contributed by atoms with Crippen LogP contribution in [0.25, 0.3) is 0 Å². The van der Waals surface area contributed by atoms with Crippen molar-refractivity contribution in [2.45, 2.75) is 5.92 Å². The summed E-state index contributed by atoms with van der Waals surface area (Å²) in [7, 11) is 0. The van der Waals surface area contributed by atoms with Gasteiger partial charge in [0.1, 0.15) is 5.82 Å². The minimum atomic E-state index is -0.568. The van der Waals surface area contributed by atoms with E-state index in [9.17, 15) is 9.18 Å². The predicted octanol–water partition coefficient (Wildman–Crippen LogP) is 3.87. The SMILES string of the molecule is O=C(c1ccc(Cl)cc1F)C1CNc2ccccc21. The maximum atomic E-state index is 13.8. The van der Waals surface area contributed by atoms with Gasteiger partial charge in [-0.2, -0.15) is 0 Å². The predicted molar refractivity (Wildman–Crippen MR) is 73.4 cm³/mol. The average molecular weight is 276 g/mol. The van der Waals surface area contributed by atoms with Crippen LogP contribution in [0.3, 0.4) is 0 Å². The standard InChI is InChI=1S/C15H11ClFNO/c16-9-5-6-11(13(17)7-9)15(19)12-8-18-14-4-2-1-3-10(12)14/h1-7,12,18H,8H2. The molecule has 0 radical (unpaired) electrons. The zero-order valence-corrected chi connectivity index (χ0v) is 10.7. The third-order valence-corrected chi connectivity index (χ3v) is 3.58. The Kier molecular flexibility index (Phi) is 2.99. The van der Waals surface area contributed by atoms with E-state index in [0.29, 0.717) is 11.6 Å². The number of ketones is 1. The van der Waals surface area contributed by atoms with E-state index in [0.717, 1.165) is 11.3 Å². The largest absolute Gasteiger partial charge is 0.384 e. The quantitative estimate of drug-likeness (QED) is 0.843. The fraction of sp³-hybridized carbons (Fsp3) is 0.133. The lowest BCUT2D eigenvalue weighted by atomic mass is 9.92. The number of rotatable bonds is 2. The number of hydrogen-bond donors (Lipinski definition) is 1. The van der Waals surface area contributed by atoms with Gasteiger partial charge < -0.3 is 5.32 Å². The molecule has 1 heterocycles. The summed E-state index contributed by atoms with van der Waals surface area (Å²) in [5.74, 6) is -1.12. The summed E-state index contributed by atoms with van der Waals surface area (Å²) in [4.78, 5) is 12.4. The molecule has 1 atom stereocenters. The molecule has 1 N–H and O–H groups in total. The topological polar surface area (TPSA) is 29.1 Å². The summed E-state index contributed by atoms with van der Waals surface area (Å²) >= 11 is 5.70. The van der Waals surface area contributed by atoms with E-state index in [4.69, 9.17) is 11.6 Å². The van der Waals surface area contributed by atoms with Crippen molar-refractivity contribution in [2.75, 3.05) is 11.9 Å². The van der Waals surface area contributed by atoms with Gasteiger partial charge in [0.15, 0.2) is 5.78 Å². The van der Waals surface area contributed by atoms with Crippen molar-refractivity contribution < 1.29 is 9.18 Å². The highest BCUT2D eigenvalue weighted by Crippen LogP contribution is 2.34. The lowest BCUT2D eigenvalue weighted by molar-refractivity contribution is 0.0962. The molecule has 2 aromatic carbocycles. The Balaban J connectivity index is 1.98. The van der Waals surface area contributed by atoms with Crippen LogP contribution in [0.1, 0.15) is 21.8 Å². The van der Waals surface area contributed by atoms with Gasteiger partial charge in [-0.3, -0.25) is 4.79 Å². The number of para-hydroxylation sites is 1. The molecule has 0 aromatic heterocycles. The summed E-state index contributed by atoms with van der Waals surface area (Å²) in [6, 6.07) is 11.7. The Morgan fingerprint density at radius 2 is 2.05 bits per heavy atom. The Hall–Kier alpha value is -1.87. The average Bonchev–Trinajstić information content (AvgIpc) is 2.82. The number of Topliss-reactive ketones (excluding diaryl/α,β-unsaturated/α-hetero) is 1. The van der Waals surface area contributed by atoms with E-state index >= 15 is 0 Å². The first-order valence-corrected chi connectivity index (χ1v) is 6.36. The van der Waals surface area contributed by atoms with Gasteiger partial charge in [0, 0.05) is 17.3 Å². The molecular weight excluding hydrogens is 265 g/mol. The molecule has 96 valence electrons. The van der Waals surface area contributed by atoms with Gasteiger partial charge in [-0.25, -0.2) is 4.39 Å². The molecule has 0 amide bonds. The minimum Gasteiger partial charge on any atom is -0.384 e. The lowest BCUT2D eigenvalue weighted by Crippen LogP contribution is -2.16. The van der Waals surface area contributed by atoms with Gasteiger partial charge >= 0.3 is 0 Å². The van der Waals surface area contributed by atoms with Crippen molar-refractivity contribution >= 4 is 23.1 Å². The Morgan fingerprint density at radius 1 is 1.26 bits per heavy atom. The second-order valence-electron chi connectivity index (χ2n) is 4.51. The Morgan fingerprint density at radius 3 is 2.84 bits per heavy atom. The number of carbonyl (C=O) groups is 1. The minimum absolute atomic E-state index is 0.0907. The molecule has 0 saturated heterocycles. The molecular formula is C15H11ClFNO. The first-order chi connectivity index (χ1) is 9.16. The first-order valence-electron chi connectivity index (χ1n) is 5.99. The third kappa shape index (κ3) is 2.10. The summed E-state index contributed by atoms with van der Waals surface area (Å²) in [6.45, 7) is 0.500. The second-order valence-corrected chi connectivity index (χ2v) is 4.95. The zero-order valence-electron chi connectivity index (χ0n) is 9.99. The number of halogens is 2. The molecule has 0 fully saturated rings. The Bertz CT molecular complexity index is 656. The fourth-order valence-electron chi connectivity index (χ4n) is 2.39. The monoisotopic (exact) mass is 275 g/mol. The van der Waals surface area contributed by atoms with Crippen LogP contribution in [0.4, 0.5) is 10.1 Å². The molecule has 4 heteroatoms. The van der Waals surface area contributed by atoms with Gasteiger partial charge in [0.25, 0.3) is 0 Å². The molecule has 0 bridgehead atoms. The normalized spacial score (nSPS) is 16.8. The van der Waals surface area contributed by atoms with Crippen molar-refractivity contribution in [2.24, 2.45) is 0 Å². The number of carbonyl (C=O) groups excluding carboxylic acids is 1. The first kappa shape index (κ1) is 12.2. The smallest absolute Gasteiger partial charge is 0.175 e. The van der Waals surface area contributed by atoms with Gasteiger partial charge in [0.05, 0.1) is 11.5 Å². The van der Waals surface area contributed by atoms with Crippen LogP contribution in [0, 0.1) is 5.82 Å². The van der Waals surface area contributed by atoms with E-state index in [2.05, 4.69) is 5.32 Å². The van der Waals surface area contributed by atoms with Gasteiger partial charge in [-0.05, 0) is 29.8 Å². The van der Waals surface area contributed by atoms with E-state index in [-0.39, 0.29) is 17.3 Å². The van der Waals surface area contributed by atoms with E-state index in [1.165, 1.54) is 18.2 Å². The van der Waals surface area contributed by atoms with Crippen LogP contribution >= 0.6 is 11.6 Å². The highest BCUT2D eigenvalue weighted by Gasteiger charge is 2.30. The van der Waals surface area contributed by atoms with Crippen molar-refractivity contribution in [1.82, 2.24) is 0 Å². The molecule has 1 unspecified atom stereocenters. The van der Waals surface area contributed by atoms with E-state index in [1.54, 1.807) is 0 Å². The molecule has 3 rings (SSSR count). The number of hydrogen-bond acceptors (Lipinski definition) is 2. The van der Waals surface area contributed by atoms with Crippen LogP contribution in [-0.2, 0) is 0 Å². The van der Waals surface area contributed by atoms with Gasteiger partial charge in [-0.15, -0.1) is 0 Å². The number of benzene rings is 2. The molecule has 0 aliphatic carbocycles. The number of fused-ring (bicyclic) bond motifs is 1. The van der Waals surface area contributed by atoms with Crippen molar-refractivity contribution in [3.8, 4) is 0 Å². The van der Waals surface area contributed by atoms with Crippen LogP contribution in [-0.4, -0.2) is 12.3 Å². The summed E-state index contributed by atoms with van der Waals surface area (Å²) < 4.78 is 13.8. The summed E-state index contributed by atoms with van der Waals surface area (Å²) in [5.41, 5.74) is 1.95. The molecule has 0 spiro atoms. The van der Waals surface area contributed by atoms with E-state index < -0.39 is 5.82 Å². The molecule has 2 aromatic rings. The Labute approximate surface area is 115 Å². The zero-order chi connectivity index (χ0) is 13.4. The highest BCUT2D eigenvalue weighted by atomic mass is 35.5. The molecule has 2 nitrogen and oxygen atoms in total. The van der Waals surface area contributed by atoms with Crippen molar-refractivity contribution in [3.63, 3.8) is 0 Å². The van der Waals surface area contributed by atoms with Crippen molar-refractivity contribution in [1.29, 1.82) is 0 Å². The highest BCUT2D eigenvalue weighted by molar-refractivity contribution is 6.30. The van der Waals surface area contributed by atoms with Gasteiger partial charge in [0.2, 0.25) is 0 Å². The van der Waals surface area contributed by atoms with Crippen LogP contribution in [0.5, 0.6) is 0 Å². The summed E-state index contributed by atoms with van der Waals surface area (Å²) in [5, 5.41) is 3.45. The molecule has 19 heavy (non-hydrogen) atoms. The fourth-order valence-corrected chi connectivity index (χ4v) is 2.55. The van der Waals surface area contributed by atoms with Crippen molar-refractivity contribution in [3.05, 3.63) is 64.4 Å². The lowest BCUT2D eigenvalue weighted by Gasteiger charge is -2.10. The van der Waals surface area contributed by atoms with E-state index in [1.807, 2.05) is 24.3 Å². The maximum Gasteiger partial charge on any atom is 0.175 e. The van der Waals surface area contributed by atoms with Gasteiger partial charge in [-0.1, -0.05) is 29.8 Å². The summed E-state index contributed by atoms with van der Waals surface area (Å²) in [6.07, 6.45) is 0. The van der Waals surface area contributed by atoms with Crippen LogP contribution < -0.4 is 5.32 Å². The third-order valence-electron chi connectivity index (χ3n) is 3.35. The maximum absolute atomic E-state index is 13.8. The number of nitrogens with one attached hydrogen (secondary N) is 1.